The molecule has 0 radical (unpaired) electrons. The van der Waals surface area contributed by atoms with Crippen molar-refractivity contribution in [3.05, 3.63) is 38.7 Å². The molecule has 1 aliphatic heterocycles. The van der Waals surface area contributed by atoms with Crippen molar-refractivity contribution in [3.8, 4) is 0 Å². The lowest BCUT2D eigenvalue weighted by Crippen LogP contribution is -2.50. The average molecular weight is 321 g/mol. The van der Waals surface area contributed by atoms with Gasteiger partial charge in [-0.3, -0.25) is 9.59 Å². The highest BCUT2D eigenvalue weighted by Crippen LogP contribution is 2.22. The van der Waals surface area contributed by atoms with Crippen LogP contribution in [0.1, 0.15) is 19.3 Å². The fraction of sp³-hybridized carbons (Fsp3) is 0.286. The number of nitrogen functional groups attached to an aromatic ring is 1. The average Bonchev–Trinajstić information content (AvgIpc) is 3.17. The number of thiophene rings is 2. The molecule has 1 saturated heterocycles. The predicted molar refractivity (Wildman–Crippen MR) is 84.9 cm³/mol. The summed E-state index contributed by atoms with van der Waals surface area (Å²) >= 11 is 2.81. The summed E-state index contributed by atoms with van der Waals surface area (Å²) < 4.78 is 0. The van der Waals surface area contributed by atoms with Gasteiger partial charge in [0.1, 0.15) is 4.88 Å². The van der Waals surface area contributed by atoms with E-state index in [0.29, 0.717) is 36.7 Å². The summed E-state index contributed by atoms with van der Waals surface area (Å²) in [7, 11) is 0. The minimum absolute atomic E-state index is 0.0364. The third-order valence-electron chi connectivity index (χ3n) is 3.48. The summed E-state index contributed by atoms with van der Waals surface area (Å²) in [5, 5.41) is 3.71. The van der Waals surface area contributed by atoms with E-state index in [1.165, 1.54) is 22.7 Å². The van der Waals surface area contributed by atoms with Gasteiger partial charge in [-0.05, 0) is 22.9 Å². The summed E-state index contributed by atoms with van der Waals surface area (Å²) in [6.07, 6.45) is 0. The molecule has 2 aromatic heterocycles. The van der Waals surface area contributed by atoms with E-state index in [0.717, 1.165) is 4.88 Å². The van der Waals surface area contributed by atoms with Crippen molar-refractivity contribution in [1.29, 1.82) is 0 Å². The van der Waals surface area contributed by atoms with Gasteiger partial charge < -0.3 is 15.5 Å². The maximum absolute atomic E-state index is 12.3. The number of nitrogens with zero attached hydrogens (tertiary/aromatic N) is 2. The molecule has 21 heavy (non-hydrogen) atoms. The quantitative estimate of drug-likeness (QED) is 0.920. The van der Waals surface area contributed by atoms with E-state index < -0.39 is 0 Å². The normalized spacial score (nSPS) is 15.2. The highest BCUT2D eigenvalue weighted by molar-refractivity contribution is 7.12. The number of hydrogen-bond donors (Lipinski definition) is 1. The summed E-state index contributed by atoms with van der Waals surface area (Å²) in [6, 6.07) is 5.45. The zero-order valence-corrected chi connectivity index (χ0v) is 13.0. The largest absolute Gasteiger partial charge is 0.397 e. The number of carbonyl (C=O) groups is 2. The number of anilines is 1. The number of amides is 2. The molecule has 0 atom stereocenters. The molecule has 110 valence electrons. The van der Waals surface area contributed by atoms with Gasteiger partial charge in [0.2, 0.25) is 0 Å². The number of piperazine rings is 1. The van der Waals surface area contributed by atoms with Gasteiger partial charge in [-0.25, -0.2) is 0 Å². The van der Waals surface area contributed by atoms with Crippen LogP contribution < -0.4 is 5.73 Å². The molecule has 2 aromatic rings. The topological polar surface area (TPSA) is 66.6 Å². The van der Waals surface area contributed by atoms with Crippen LogP contribution in [0.15, 0.2) is 29.0 Å². The van der Waals surface area contributed by atoms with Crippen LogP contribution in [0.4, 0.5) is 5.69 Å². The molecule has 0 bridgehead atoms. The monoisotopic (exact) mass is 321 g/mol. The van der Waals surface area contributed by atoms with Crippen molar-refractivity contribution in [3.63, 3.8) is 0 Å². The van der Waals surface area contributed by atoms with E-state index in [9.17, 15) is 9.59 Å². The Kier molecular flexibility index (Phi) is 3.94. The van der Waals surface area contributed by atoms with E-state index in [1.807, 2.05) is 22.9 Å². The van der Waals surface area contributed by atoms with Gasteiger partial charge in [0.25, 0.3) is 11.8 Å². The van der Waals surface area contributed by atoms with Crippen molar-refractivity contribution >= 4 is 40.2 Å². The smallest absolute Gasteiger partial charge is 0.266 e. The van der Waals surface area contributed by atoms with Crippen molar-refractivity contribution in [2.24, 2.45) is 0 Å². The molecule has 2 amide bonds. The molecule has 5 nitrogen and oxygen atoms in total. The maximum Gasteiger partial charge on any atom is 0.266 e. The summed E-state index contributed by atoms with van der Waals surface area (Å²) in [4.78, 5) is 29.5. The van der Waals surface area contributed by atoms with Crippen LogP contribution in [0.25, 0.3) is 0 Å². The second-order valence-corrected chi connectivity index (χ2v) is 6.63. The van der Waals surface area contributed by atoms with Crippen molar-refractivity contribution < 1.29 is 9.59 Å². The van der Waals surface area contributed by atoms with Crippen LogP contribution in [0.2, 0.25) is 0 Å². The number of nitrogens with two attached hydrogens (primary N) is 1. The lowest BCUT2D eigenvalue weighted by molar-refractivity contribution is 0.0541. The zero-order chi connectivity index (χ0) is 14.8. The molecule has 7 heteroatoms. The molecule has 0 aromatic carbocycles. The summed E-state index contributed by atoms with van der Waals surface area (Å²) in [5.41, 5.74) is 6.32. The Balaban J connectivity index is 1.62. The van der Waals surface area contributed by atoms with Crippen molar-refractivity contribution in [1.82, 2.24) is 9.80 Å². The molecular weight excluding hydrogens is 306 g/mol. The highest BCUT2D eigenvalue weighted by atomic mass is 32.1. The van der Waals surface area contributed by atoms with Crippen LogP contribution in [-0.2, 0) is 0 Å². The van der Waals surface area contributed by atoms with Gasteiger partial charge in [0.05, 0.1) is 10.6 Å². The van der Waals surface area contributed by atoms with Crippen LogP contribution in [-0.4, -0.2) is 47.8 Å². The Morgan fingerprint density at radius 3 is 2.14 bits per heavy atom. The van der Waals surface area contributed by atoms with Gasteiger partial charge in [-0.2, -0.15) is 0 Å². The van der Waals surface area contributed by atoms with E-state index in [-0.39, 0.29) is 11.8 Å². The Bertz CT molecular complexity index is 643. The number of rotatable bonds is 2. The third-order valence-corrected chi connectivity index (χ3v) is 5.25. The number of carbonyl (C=O) groups excluding carboxylic acids is 2. The van der Waals surface area contributed by atoms with Crippen LogP contribution in [0.3, 0.4) is 0 Å². The van der Waals surface area contributed by atoms with Crippen LogP contribution in [0, 0.1) is 0 Å². The third kappa shape index (κ3) is 2.79. The van der Waals surface area contributed by atoms with Gasteiger partial charge in [-0.1, -0.05) is 6.07 Å². The minimum atomic E-state index is -0.0364. The molecule has 3 rings (SSSR count). The molecule has 0 spiro atoms. The first-order valence-electron chi connectivity index (χ1n) is 6.62. The minimum Gasteiger partial charge on any atom is -0.397 e. The molecule has 1 fully saturated rings. The summed E-state index contributed by atoms with van der Waals surface area (Å²) in [6.45, 7) is 2.22. The summed E-state index contributed by atoms with van der Waals surface area (Å²) in [5.74, 6) is 0.0125. The Labute approximate surface area is 130 Å². The molecule has 3 heterocycles. The van der Waals surface area contributed by atoms with Crippen molar-refractivity contribution in [2.45, 2.75) is 0 Å². The molecule has 0 saturated carbocycles. The molecule has 0 aliphatic carbocycles. The Morgan fingerprint density at radius 2 is 1.62 bits per heavy atom. The van der Waals surface area contributed by atoms with Gasteiger partial charge in [0, 0.05) is 26.2 Å². The Morgan fingerprint density at radius 1 is 0.952 bits per heavy atom. The molecule has 0 unspecified atom stereocenters. The van der Waals surface area contributed by atoms with Crippen LogP contribution in [0.5, 0.6) is 0 Å². The van der Waals surface area contributed by atoms with Crippen molar-refractivity contribution in [2.75, 3.05) is 31.9 Å². The van der Waals surface area contributed by atoms with E-state index in [2.05, 4.69) is 0 Å². The second-order valence-electron chi connectivity index (χ2n) is 4.77. The SMILES string of the molecule is Nc1ccsc1C(=O)N1CCN(C(=O)c2cccs2)CC1. The lowest BCUT2D eigenvalue weighted by Gasteiger charge is -2.34. The Hall–Kier alpha value is -1.86. The van der Waals surface area contributed by atoms with Gasteiger partial charge in [0.15, 0.2) is 0 Å². The number of hydrogen-bond acceptors (Lipinski definition) is 5. The predicted octanol–water partition coefficient (Wildman–Crippen LogP) is 1.99. The zero-order valence-electron chi connectivity index (χ0n) is 11.3. The van der Waals surface area contributed by atoms with Gasteiger partial charge in [-0.15, -0.1) is 22.7 Å². The lowest BCUT2D eigenvalue weighted by atomic mass is 10.2. The second kappa shape index (κ2) is 5.87. The van der Waals surface area contributed by atoms with Gasteiger partial charge >= 0.3 is 0 Å². The highest BCUT2D eigenvalue weighted by Gasteiger charge is 2.27. The fourth-order valence-corrected chi connectivity index (χ4v) is 3.78. The maximum atomic E-state index is 12.3. The molecule has 1 aliphatic rings. The standard InChI is InChI=1S/C14H15N3O2S2/c15-10-3-9-21-12(10)14(19)17-6-4-16(5-7-17)13(18)11-2-1-8-20-11/h1-3,8-9H,4-7,15H2. The van der Waals surface area contributed by atoms with E-state index >= 15 is 0 Å². The first kappa shape index (κ1) is 14.1. The first-order chi connectivity index (χ1) is 10.2. The van der Waals surface area contributed by atoms with Crippen LogP contribution >= 0.6 is 22.7 Å². The molecular formula is C14H15N3O2S2. The van der Waals surface area contributed by atoms with E-state index in [1.54, 1.807) is 15.9 Å². The van der Waals surface area contributed by atoms with E-state index in [4.69, 9.17) is 5.73 Å². The fourth-order valence-electron chi connectivity index (χ4n) is 2.31. The first-order valence-corrected chi connectivity index (χ1v) is 8.38. The molecule has 2 N–H and O–H groups in total.